The number of rotatable bonds is 10. The van der Waals surface area contributed by atoms with Gasteiger partial charge in [0.15, 0.2) is 11.0 Å². The number of nitrogens with zero attached hydrogens (tertiary/aromatic N) is 1. The van der Waals surface area contributed by atoms with Crippen molar-refractivity contribution in [3.05, 3.63) is 69.9 Å². The normalized spacial score (nSPS) is 26.6. The van der Waals surface area contributed by atoms with E-state index in [0.717, 1.165) is 37.5 Å². The molecule has 0 bridgehead atoms. The van der Waals surface area contributed by atoms with Crippen LogP contribution < -0.4 is 10.1 Å². The van der Waals surface area contributed by atoms with Gasteiger partial charge in [-0.25, -0.2) is 4.57 Å². The van der Waals surface area contributed by atoms with Crippen molar-refractivity contribution in [1.29, 1.82) is 0 Å². The van der Waals surface area contributed by atoms with E-state index >= 15 is 0 Å². The number of benzene rings is 2. The van der Waals surface area contributed by atoms with E-state index in [1.54, 1.807) is 19.1 Å². The number of esters is 1. The molecule has 1 saturated heterocycles. The second-order valence-corrected chi connectivity index (χ2v) is 13.9. The van der Waals surface area contributed by atoms with Gasteiger partial charge in [-0.1, -0.05) is 49.7 Å². The Kier molecular flexibility index (Phi) is 9.55. The summed E-state index contributed by atoms with van der Waals surface area (Å²) in [5.74, 6) is -0.982. The summed E-state index contributed by atoms with van der Waals surface area (Å²) in [6, 6.07) is 14.0. The fourth-order valence-electron chi connectivity index (χ4n) is 5.59. The van der Waals surface area contributed by atoms with E-state index in [2.05, 4.69) is 4.98 Å². The summed E-state index contributed by atoms with van der Waals surface area (Å²) >= 11 is 5.22. The van der Waals surface area contributed by atoms with E-state index in [9.17, 15) is 24.4 Å². The summed E-state index contributed by atoms with van der Waals surface area (Å²) in [4.78, 5) is 27.1. The molecule has 3 aromatic rings. The number of hydrogen-bond acceptors (Lipinski definition) is 10. The highest BCUT2D eigenvalue weighted by atomic mass is 32.1. The number of hydrogen-bond donors (Lipinski definition) is 3. The van der Waals surface area contributed by atoms with Crippen LogP contribution in [0.15, 0.2) is 59.5 Å². The largest absolute Gasteiger partial charge is 0.462 e. The van der Waals surface area contributed by atoms with Crippen molar-refractivity contribution < 1.29 is 38.1 Å². The van der Waals surface area contributed by atoms with Crippen LogP contribution in [0.3, 0.4) is 0 Å². The number of carbonyl (C=O) groups excluding carboxylic acids is 1. The predicted octanol–water partition coefficient (Wildman–Crippen LogP) is 4.87. The van der Waals surface area contributed by atoms with Gasteiger partial charge in [0.05, 0.1) is 18.7 Å². The van der Waals surface area contributed by atoms with Gasteiger partial charge < -0.3 is 24.2 Å². The highest BCUT2D eigenvalue weighted by molar-refractivity contribution is 7.71. The maximum atomic E-state index is 14.4. The molecule has 2 fully saturated rings. The molecule has 1 unspecified atom stereocenters. The molecule has 43 heavy (non-hydrogen) atoms. The van der Waals surface area contributed by atoms with Gasteiger partial charge in [-0.05, 0) is 56.3 Å². The summed E-state index contributed by atoms with van der Waals surface area (Å²) < 4.78 is 39.3. The van der Waals surface area contributed by atoms with E-state index in [1.807, 2.05) is 30.3 Å². The van der Waals surface area contributed by atoms with Crippen LogP contribution in [0, 0.1) is 10.7 Å². The minimum Gasteiger partial charge on any atom is -0.462 e. The maximum Gasteiger partial charge on any atom is 0.380 e. The van der Waals surface area contributed by atoms with E-state index in [-0.39, 0.29) is 17.0 Å². The zero-order chi connectivity index (χ0) is 30.8. The first-order valence-electron chi connectivity index (χ1n) is 14.5. The van der Waals surface area contributed by atoms with Gasteiger partial charge in [-0.3, -0.25) is 23.7 Å². The molecule has 1 aromatic heterocycles. The fourth-order valence-corrected chi connectivity index (χ4v) is 7.73. The number of nitrogens with one attached hydrogen (secondary N) is 1. The van der Waals surface area contributed by atoms with Gasteiger partial charge in [0.1, 0.15) is 29.7 Å². The van der Waals surface area contributed by atoms with Gasteiger partial charge in [-0.2, -0.15) is 0 Å². The van der Waals surface area contributed by atoms with Crippen molar-refractivity contribution in [3.63, 3.8) is 0 Å². The summed E-state index contributed by atoms with van der Waals surface area (Å²) in [5, 5.41) is 23.7. The lowest BCUT2D eigenvalue weighted by atomic mass is 9.96. The average molecular weight is 633 g/mol. The smallest absolute Gasteiger partial charge is 0.380 e. The zero-order valence-corrected chi connectivity index (χ0v) is 25.8. The Hall–Kier alpha value is -2.86. The van der Waals surface area contributed by atoms with Crippen LogP contribution in [0.1, 0.15) is 52.2 Å². The monoisotopic (exact) mass is 632 g/mol. The van der Waals surface area contributed by atoms with Crippen LogP contribution >= 0.6 is 19.8 Å². The number of aromatic nitrogens is 2. The number of H-pyrrole nitrogens is 1. The lowest BCUT2D eigenvalue weighted by molar-refractivity contribution is -0.154. The molecule has 11 nitrogen and oxygen atoms in total. The molecule has 6 atom stereocenters. The molecule has 232 valence electrons. The predicted molar refractivity (Wildman–Crippen MR) is 162 cm³/mol. The fraction of sp³-hybridized carbons (Fsp3) is 0.500. The first-order valence-corrected chi connectivity index (χ1v) is 16.6. The molecule has 5 rings (SSSR count). The molecule has 2 heterocycles. The summed E-state index contributed by atoms with van der Waals surface area (Å²) in [6.45, 7) is 2.55. The molecule has 0 radical (unpaired) electrons. The molecule has 2 aliphatic rings. The van der Waals surface area contributed by atoms with E-state index in [1.165, 1.54) is 23.8 Å². The Morgan fingerprint density at radius 1 is 1.19 bits per heavy atom. The molecule has 2 aromatic carbocycles. The second-order valence-electron chi connectivity index (χ2n) is 11.5. The number of aliphatic hydroxyl groups is 2. The highest BCUT2D eigenvalue weighted by Gasteiger charge is 2.54. The third-order valence-corrected chi connectivity index (χ3v) is 10.3. The molecule has 3 N–H and O–H groups in total. The third-order valence-electron chi connectivity index (χ3n) is 8.02. The Morgan fingerprint density at radius 2 is 1.91 bits per heavy atom. The Morgan fingerprint density at radius 3 is 2.65 bits per heavy atom. The molecule has 1 aliphatic heterocycles. The molecule has 1 saturated carbocycles. The van der Waals surface area contributed by atoms with Crippen LogP contribution in [-0.4, -0.2) is 62.4 Å². The summed E-state index contributed by atoms with van der Waals surface area (Å²) in [5.41, 5.74) is -2.27. The van der Waals surface area contributed by atoms with E-state index < -0.39 is 55.7 Å². The number of aliphatic hydroxyl groups excluding tert-OH is 1. The van der Waals surface area contributed by atoms with Gasteiger partial charge in [0.2, 0.25) is 0 Å². The van der Waals surface area contributed by atoms with E-state index in [0.29, 0.717) is 11.1 Å². The van der Waals surface area contributed by atoms with Crippen molar-refractivity contribution in [1.82, 2.24) is 9.55 Å². The lowest BCUT2D eigenvalue weighted by Gasteiger charge is -2.28. The van der Waals surface area contributed by atoms with Crippen molar-refractivity contribution >= 4 is 36.6 Å². The third kappa shape index (κ3) is 7.11. The van der Waals surface area contributed by atoms with Gasteiger partial charge >= 0.3 is 13.6 Å². The van der Waals surface area contributed by atoms with Crippen LogP contribution in [0.2, 0.25) is 0 Å². The SMILES string of the molecule is C[C@H](C[P@](=O)(OC[C@H]1O[C@@H](n2ccc(=O)[nH]c2=S)C(C)(O)[C@H]1O)Oc1cccc2ccccc12)C(=O)OC1CCCCC1. The number of aromatic amines is 1. The Bertz CT molecular complexity index is 1610. The highest BCUT2D eigenvalue weighted by Crippen LogP contribution is 2.52. The van der Waals surface area contributed by atoms with Crippen LogP contribution in [0.25, 0.3) is 10.8 Å². The maximum absolute atomic E-state index is 14.4. The summed E-state index contributed by atoms with van der Waals surface area (Å²) in [6.07, 6.45) is 1.81. The van der Waals surface area contributed by atoms with Crippen molar-refractivity contribution in [2.24, 2.45) is 5.92 Å². The molecule has 1 aliphatic carbocycles. The van der Waals surface area contributed by atoms with Gasteiger partial charge in [-0.15, -0.1) is 0 Å². The second kappa shape index (κ2) is 13.0. The van der Waals surface area contributed by atoms with Gasteiger partial charge in [0, 0.05) is 17.6 Å². The lowest BCUT2D eigenvalue weighted by Crippen LogP contribution is -2.44. The van der Waals surface area contributed by atoms with E-state index in [4.69, 9.17) is 30.7 Å². The number of carbonyl (C=O) groups is 1. The van der Waals surface area contributed by atoms with Crippen LogP contribution in [0.4, 0.5) is 0 Å². The van der Waals surface area contributed by atoms with Crippen LogP contribution in [0.5, 0.6) is 5.75 Å². The molecular weight excluding hydrogens is 595 g/mol. The first kappa shape index (κ1) is 31.6. The molecule has 13 heteroatoms. The number of ether oxygens (including phenoxy) is 2. The Labute approximate surface area is 254 Å². The minimum absolute atomic E-state index is 0.0122. The minimum atomic E-state index is -4.09. The topological polar surface area (TPSA) is 149 Å². The molecule has 0 spiro atoms. The summed E-state index contributed by atoms with van der Waals surface area (Å²) in [7, 11) is -4.09. The zero-order valence-electron chi connectivity index (χ0n) is 24.1. The first-order chi connectivity index (χ1) is 20.5. The quantitative estimate of drug-likeness (QED) is 0.161. The van der Waals surface area contributed by atoms with Crippen molar-refractivity contribution in [2.75, 3.05) is 12.8 Å². The van der Waals surface area contributed by atoms with Gasteiger partial charge in [0.25, 0.3) is 5.56 Å². The van der Waals surface area contributed by atoms with Crippen LogP contribution in [-0.2, 0) is 23.4 Å². The van der Waals surface area contributed by atoms with Crippen molar-refractivity contribution in [2.45, 2.75) is 76.1 Å². The average Bonchev–Trinajstić information content (AvgIpc) is 3.20. The Balaban J connectivity index is 1.37. The van der Waals surface area contributed by atoms with Crippen molar-refractivity contribution in [3.8, 4) is 5.75 Å². The molecule has 0 amide bonds. The number of fused-ring (bicyclic) bond motifs is 1. The standard InChI is InChI=1S/C30H37N2O9PS/c1-19(27(35)39-21-11-4-3-5-12-21)18-42(37,41-23-14-8-10-20-9-6-7-13-22(20)23)38-17-24-26(34)30(2,36)28(40-24)32-16-15-25(33)31-29(32)43/h6-10,13-16,19,21,24,26,28,34,36H,3-5,11-12,17-18H2,1-2H3,(H,31,33,43)/t19-,24-,26+,28-,30?,42+/m1/s1. The molecular formula is C30H37N2O9PS.